The van der Waals surface area contributed by atoms with Crippen LogP contribution >= 0.6 is 11.8 Å². The minimum absolute atomic E-state index is 0.0596. The number of nitrogens with one attached hydrogen (secondary N) is 3. The summed E-state index contributed by atoms with van der Waals surface area (Å²) in [6.45, 7) is 0.0924. The lowest BCUT2D eigenvalue weighted by Crippen LogP contribution is -2.43. The topological polar surface area (TPSA) is 140 Å². The third kappa shape index (κ3) is 3.56. The highest BCUT2D eigenvalue weighted by Crippen LogP contribution is 2.13. The van der Waals surface area contributed by atoms with E-state index in [1.807, 2.05) is 6.26 Å². The van der Waals surface area contributed by atoms with Gasteiger partial charge in [-0.15, -0.1) is 0 Å². The lowest BCUT2D eigenvalue weighted by Gasteiger charge is -2.21. The molecule has 9 heteroatoms. The van der Waals surface area contributed by atoms with Crippen LogP contribution in [0, 0.1) is 0 Å². The summed E-state index contributed by atoms with van der Waals surface area (Å²) < 4.78 is 0. The van der Waals surface area contributed by atoms with Gasteiger partial charge in [0.1, 0.15) is 11.0 Å². The second-order valence-electron chi connectivity index (χ2n) is 4.68. The second kappa shape index (κ2) is 6.94. The van der Waals surface area contributed by atoms with Gasteiger partial charge in [-0.25, -0.2) is 4.98 Å². The van der Waals surface area contributed by atoms with Crippen LogP contribution in [0.4, 0.5) is 5.95 Å². The van der Waals surface area contributed by atoms with Gasteiger partial charge in [-0.3, -0.25) is 9.78 Å². The fourth-order valence-electron chi connectivity index (χ4n) is 2.07. The Hall–Kier alpha value is -1.55. The predicted octanol–water partition coefficient (Wildman–Crippen LogP) is -0.992. The fraction of sp³-hybridized carbons (Fsp3) is 0.500. The van der Waals surface area contributed by atoms with Crippen LogP contribution in [-0.2, 0) is 6.54 Å². The van der Waals surface area contributed by atoms with E-state index in [1.54, 1.807) is 18.0 Å². The largest absolute Gasteiger partial charge is 0.394 e. The average molecular weight is 313 g/mol. The number of nitrogens with zero attached hydrogens (tertiary/aromatic N) is 1. The number of aliphatic hydroxyl groups is 2. The summed E-state index contributed by atoms with van der Waals surface area (Å²) in [5.41, 5.74) is 6.88. The van der Waals surface area contributed by atoms with Gasteiger partial charge < -0.3 is 26.2 Å². The number of anilines is 1. The van der Waals surface area contributed by atoms with Crippen molar-refractivity contribution in [3.05, 3.63) is 22.1 Å². The molecule has 7 N–H and O–H groups in total. The Morgan fingerprint density at radius 3 is 3.00 bits per heavy atom. The number of aromatic nitrogens is 3. The van der Waals surface area contributed by atoms with Gasteiger partial charge in [-0.05, 0) is 6.26 Å². The number of aromatic amines is 2. The van der Waals surface area contributed by atoms with Crippen molar-refractivity contribution >= 4 is 28.7 Å². The number of H-pyrrole nitrogens is 2. The van der Waals surface area contributed by atoms with Gasteiger partial charge in [0.25, 0.3) is 5.56 Å². The molecular weight excluding hydrogens is 294 g/mol. The lowest BCUT2D eigenvalue weighted by atomic mass is 10.2. The van der Waals surface area contributed by atoms with Crippen LogP contribution in [0.3, 0.4) is 0 Å². The van der Waals surface area contributed by atoms with E-state index in [2.05, 4.69) is 20.3 Å². The van der Waals surface area contributed by atoms with Gasteiger partial charge in [0.2, 0.25) is 5.95 Å². The molecule has 2 aromatic rings. The van der Waals surface area contributed by atoms with E-state index in [0.29, 0.717) is 23.3 Å². The summed E-state index contributed by atoms with van der Waals surface area (Å²) in [7, 11) is 0. The lowest BCUT2D eigenvalue weighted by molar-refractivity contribution is 0.0689. The number of thioether (sulfide) groups is 1. The summed E-state index contributed by atoms with van der Waals surface area (Å²) in [6.07, 6.45) is 2.76. The molecule has 8 nitrogen and oxygen atoms in total. The zero-order valence-electron chi connectivity index (χ0n) is 11.6. The normalized spacial score (nSPS) is 14.4. The predicted molar refractivity (Wildman–Crippen MR) is 83.2 cm³/mol. The molecule has 0 saturated carbocycles. The molecule has 2 heterocycles. The highest BCUT2D eigenvalue weighted by atomic mass is 32.2. The highest BCUT2D eigenvalue weighted by molar-refractivity contribution is 7.98. The van der Waals surface area contributed by atoms with Crippen molar-refractivity contribution in [3.8, 4) is 0 Å². The van der Waals surface area contributed by atoms with E-state index in [0.717, 1.165) is 5.56 Å². The average Bonchev–Trinajstić information content (AvgIpc) is 2.86. The van der Waals surface area contributed by atoms with Crippen molar-refractivity contribution in [1.82, 2.24) is 20.3 Å². The third-order valence-corrected chi connectivity index (χ3v) is 3.88. The Kier molecular flexibility index (Phi) is 5.23. The monoisotopic (exact) mass is 313 g/mol. The maximum atomic E-state index is 11.7. The molecule has 0 saturated heterocycles. The van der Waals surface area contributed by atoms with Gasteiger partial charge >= 0.3 is 0 Å². The summed E-state index contributed by atoms with van der Waals surface area (Å²) in [5.74, 6) is 0.713. The Morgan fingerprint density at radius 1 is 1.57 bits per heavy atom. The van der Waals surface area contributed by atoms with Gasteiger partial charge in [0.05, 0.1) is 12.7 Å². The molecule has 0 aromatic carbocycles. The quantitative estimate of drug-likeness (QED) is 0.385. The minimum Gasteiger partial charge on any atom is -0.394 e. The molecule has 0 aliphatic carbocycles. The molecule has 0 aliphatic rings. The zero-order valence-corrected chi connectivity index (χ0v) is 12.4. The number of nitrogens with two attached hydrogens (primary N) is 1. The van der Waals surface area contributed by atoms with Crippen molar-refractivity contribution in [1.29, 1.82) is 0 Å². The second-order valence-corrected chi connectivity index (χ2v) is 5.59. The van der Waals surface area contributed by atoms with Gasteiger partial charge in [0.15, 0.2) is 0 Å². The number of hydrogen-bond donors (Lipinski definition) is 6. The molecule has 0 amide bonds. The third-order valence-electron chi connectivity index (χ3n) is 3.19. The highest BCUT2D eigenvalue weighted by Gasteiger charge is 2.18. The maximum absolute atomic E-state index is 11.7. The Bertz CT molecular complexity index is 656. The van der Waals surface area contributed by atoms with Crippen molar-refractivity contribution in [3.63, 3.8) is 0 Å². The summed E-state index contributed by atoms with van der Waals surface area (Å²) in [6, 6.07) is -0.255. The first-order chi connectivity index (χ1) is 10.1. The molecule has 2 rings (SSSR count). The van der Waals surface area contributed by atoms with E-state index in [9.17, 15) is 9.90 Å². The molecule has 0 spiro atoms. The van der Waals surface area contributed by atoms with Crippen LogP contribution in [0.2, 0.25) is 0 Å². The van der Waals surface area contributed by atoms with Crippen LogP contribution in [0.25, 0.3) is 11.0 Å². The molecule has 116 valence electrons. The summed E-state index contributed by atoms with van der Waals surface area (Å²) in [4.78, 5) is 21.1. The molecule has 0 fully saturated rings. The van der Waals surface area contributed by atoms with Crippen LogP contribution < -0.4 is 16.6 Å². The SMILES string of the molecule is CSC[C@@H](NCc1c[nH]c2c(=O)[nH]c(N)nc12)[C@H](O)CO. The van der Waals surface area contributed by atoms with Crippen molar-refractivity contribution in [2.24, 2.45) is 0 Å². The first kappa shape index (κ1) is 15.8. The van der Waals surface area contributed by atoms with Gasteiger partial charge in [0, 0.05) is 30.1 Å². The number of hydrogen-bond acceptors (Lipinski definition) is 7. The van der Waals surface area contributed by atoms with E-state index in [4.69, 9.17) is 10.8 Å². The van der Waals surface area contributed by atoms with Crippen molar-refractivity contribution in [2.75, 3.05) is 24.3 Å². The number of nitrogen functional groups attached to an aromatic ring is 1. The van der Waals surface area contributed by atoms with Crippen molar-refractivity contribution in [2.45, 2.75) is 18.7 Å². The van der Waals surface area contributed by atoms with E-state index in [1.165, 1.54) is 0 Å². The Labute approximate surface area is 125 Å². The molecule has 21 heavy (non-hydrogen) atoms. The fourth-order valence-corrected chi connectivity index (χ4v) is 2.77. The zero-order chi connectivity index (χ0) is 15.4. The maximum Gasteiger partial charge on any atom is 0.276 e. The first-order valence-electron chi connectivity index (χ1n) is 6.43. The molecule has 2 aromatic heterocycles. The number of aliphatic hydroxyl groups excluding tert-OH is 2. The Morgan fingerprint density at radius 2 is 2.33 bits per heavy atom. The first-order valence-corrected chi connectivity index (χ1v) is 7.83. The van der Waals surface area contributed by atoms with E-state index >= 15 is 0 Å². The Balaban J connectivity index is 2.18. The van der Waals surface area contributed by atoms with Gasteiger partial charge in [-0.2, -0.15) is 11.8 Å². The van der Waals surface area contributed by atoms with Crippen LogP contribution in [0.5, 0.6) is 0 Å². The summed E-state index contributed by atoms with van der Waals surface area (Å²) >= 11 is 1.57. The molecule has 0 bridgehead atoms. The number of rotatable bonds is 7. The van der Waals surface area contributed by atoms with E-state index < -0.39 is 6.10 Å². The molecular formula is C12H19N5O3S. The molecule has 0 radical (unpaired) electrons. The number of fused-ring (bicyclic) bond motifs is 1. The molecule has 2 atom stereocenters. The molecule has 0 unspecified atom stereocenters. The van der Waals surface area contributed by atoms with Crippen LogP contribution in [0.1, 0.15) is 5.56 Å². The van der Waals surface area contributed by atoms with E-state index in [-0.39, 0.29) is 24.2 Å². The van der Waals surface area contributed by atoms with Crippen molar-refractivity contribution < 1.29 is 10.2 Å². The van der Waals surface area contributed by atoms with Crippen LogP contribution in [0.15, 0.2) is 11.0 Å². The smallest absolute Gasteiger partial charge is 0.276 e. The minimum atomic E-state index is -0.843. The standard InChI is InChI=1S/C12H19N5O3S/c1-21-5-7(8(19)4-18)14-2-6-3-15-10-9(6)16-12(13)17-11(10)20/h3,7-8,14-15,18-19H,2,4-5H2,1H3,(H3,13,16,17,20)/t7-,8-/m1/s1. The molecule has 0 aliphatic heterocycles. The van der Waals surface area contributed by atoms with Crippen LogP contribution in [-0.4, -0.2) is 55.9 Å². The summed E-state index contributed by atoms with van der Waals surface area (Å²) in [5, 5.41) is 22.0. The van der Waals surface area contributed by atoms with Gasteiger partial charge in [-0.1, -0.05) is 0 Å².